The number of hydrogen-bond donors (Lipinski definition) is 1. The normalized spacial score (nSPS) is 24.8. The molecule has 4 nitrogen and oxygen atoms in total. The number of nitrogens with zero attached hydrogens (tertiary/aromatic N) is 1. The minimum Gasteiger partial charge on any atom is -0.375 e. The van der Waals surface area contributed by atoms with Crippen LogP contribution < -0.4 is 10.9 Å². The lowest BCUT2D eigenvalue weighted by Gasteiger charge is -2.27. The van der Waals surface area contributed by atoms with Gasteiger partial charge in [0.05, 0.1) is 12.7 Å². The molecule has 0 aliphatic carbocycles. The Morgan fingerprint density at radius 1 is 1.47 bits per heavy atom. The standard InChI is InChI=1S/C13H20N2O2/c1-11-5-6-12(10-14-11)17-9-8-15-7-3-2-4-13(15)16/h2-4,7,11-12,14H,5-6,8-10H2,1H3. The third kappa shape index (κ3) is 3.68. The molecule has 1 aromatic rings. The van der Waals surface area contributed by atoms with E-state index in [1.807, 2.05) is 6.07 Å². The van der Waals surface area contributed by atoms with Crippen LogP contribution in [0.1, 0.15) is 19.8 Å². The van der Waals surface area contributed by atoms with E-state index in [-0.39, 0.29) is 5.56 Å². The third-order valence-corrected chi connectivity index (χ3v) is 3.20. The molecule has 0 amide bonds. The molecule has 0 saturated carbocycles. The van der Waals surface area contributed by atoms with Crippen molar-refractivity contribution in [2.45, 2.75) is 38.5 Å². The average molecular weight is 236 g/mol. The second kappa shape index (κ2) is 5.98. The molecule has 2 heterocycles. The van der Waals surface area contributed by atoms with Crippen LogP contribution in [-0.4, -0.2) is 29.9 Å². The highest BCUT2D eigenvalue weighted by Gasteiger charge is 2.17. The van der Waals surface area contributed by atoms with Crippen LogP contribution in [0.2, 0.25) is 0 Å². The predicted molar refractivity (Wildman–Crippen MR) is 67.1 cm³/mol. The summed E-state index contributed by atoms with van der Waals surface area (Å²) in [5.41, 5.74) is 0.0338. The number of pyridine rings is 1. The Balaban J connectivity index is 1.73. The van der Waals surface area contributed by atoms with Crippen molar-refractivity contribution in [1.82, 2.24) is 9.88 Å². The minimum absolute atomic E-state index is 0.0338. The van der Waals surface area contributed by atoms with Crippen LogP contribution in [0.5, 0.6) is 0 Å². The van der Waals surface area contributed by atoms with Crippen molar-refractivity contribution in [2.24, 2.45) is 0 Å². The quantitative estimate of drug-likeness (QED) is 0.848. The Kier molecular flexibility index (Phi) is 4.34. The molecule has 2 unspecified atom stereocenters. The van der Waals surface area contributed by atoms with Crippen LogP contribution in [0, 0.1) is 0 Å². The highest BCUT2D eigenvalue weighted by molar-refractivity contribution is 4.93. The van der Waals surface area contributed by atoms with E-state index in [2.05, 4.69) is 12.2 Å². The van der Waals surface area contributed by atoms with E-state index < -0.39 is 0 Å². The summed E-state index contributed by atoms with van der Waals surface area (Å²) in [6, 6.07) is 5.80. The predicted octanol–water partition coefficient (Wildman–Crippen LogP) is 1.01. The molecule has 2 atom stereocenters. The van der Waals surface area contributed by atoms with Gasteiger partial charge in [0.25, 0.3) is 5.56 Å². The lowest BCUT2D eigenvalue weighted by atomic mass is 10.0. The average Bonchev–Trinajstić information content (AvgIpc) is 2.34. The van der Waals surface area contributed by atoms with Gasteiger partial charge in [-0.2, -0.15) is 0 Å². The van der Waals surface area contributed by atoms with Crippen molar-refractivity contribution in [3.63, 3.8) is 0 Å². The topological polar surface area (TPSA) is 43.3 Å². The molecule has 94 valence electrons. The molecule has 1 N–H and O–H groups in total. The van der Waals surface area contributed by atoms with Gasteiger partial charge in [-0.1, -0.05) is 6.07 Å². The van der Waals surface area contributed by atoms with E-state index in [0.717, 1.165) is 19.4 Å². The second-order valence-corrected chi connectivity index (χ2v) is 4.61. The Hall–Kier alpha value is -1.13. The van der Waals surface area contributed by atoms with E-state index in [4.69, 9.17) is 4.74 Å². The number of aromatic nitrogens is 1. The van der Waals surface area contributed by atoms with Crippen molar-refractivity contribution in [2.75, 3.05) is 13.2 Å². The van der Waals surface area contributed by atoms with Gasteiger partial charge in [0.1, 0.15) is 0 Å². The first-order valence-corrected chi connectivity index (χ1v) is 6.26. The molecule has 1 aliphatic rings. The van der Waals surface area contributed by atoms with E-state index >= 15 is 0 Å². The number of hydrogen-bond acceptors (Lipinski definition) is 3. The van der Waals surface area contributed by atoms with Gasteiger partial charge < -0.3 is 14.6 Å². The molecular weight excluding hydrogens is 216 g/mol. The van der Waals surface area contributed by atoms with E-state index in [9.17, 15) is 4.79 Å². The summed E-state index contributed by atoms with van der Waals surface area (Å²) in [6.45, 7) is 4.35. The molecule has 17 heavy (non-hydrogen) atoms. The Labute approximate surface area is 102 Å². The first-order valence-electron chi connectivity index (χ1n) is 6.26. The molecule has 2 rings (SSSR count). The fraction of sp³-hybridized carbons (Fsp3) is 0.615. The molecule has 1 saturated heterocycles. The van der Waals surface area contributed by atoms with Gasteiger partial charge in [-0.15, -0.1) is 0 Å². The van der Waals surface area contributed by atoms with Crippen molar-refractivity contribution < 1.29 is 4.74 Å². The van der Waals surface area contributed by atoms with Gasteiger partial charge >= 0.3 is 0 Å². The molecular formula is C13H20N2O2. The van der Waals surface area contributed by atoms with Crippen molar-refractivity contribution >= 4 is 0 Å². The minimum atomic E-state index is 0.0338. The van der Waals surface area contributed by atoms with Crippen LogP contribution in [-0.2, 0) is 11.3 Å². The Morgan fingerprint density at radius 2 is 2.35 bits per heavy atom. The summed E-state index contributed by atoms with van der Waals surface area (Å²) in [7, 11) is 0. The smallest absolute Gasteiger partial charge is 0.250 e. The molecule has 1 aromatic heterocycles. The van der Waals surface area contributed by atoms with E-state index in [0.29, 0.717) is 25.3 Å². The first-order chi connectivity index (χ1) is 8.25. The summed E-state index contributed by atoms with van der Waals surface area (Å²) >= 11 is 0. The summed E-state index contributed by atoms with van der Waals surface area (Å²) in [5, 5.41) is 3.40. The van der Waals surface area contributed by atoms with Crippen LogP contribution in [0.25, 0.3) is 0 Å². The molecule has 0 aromatic carbocycles. The molecule has 0 bridgehead atoms. The van der Waals surface area contributed by atoms with Gasteiger partial charge in [0.2, 0.25) is 0 Å². The maximum absolute atomic E-state index is 11.4. The van der Waals surface area contributed by atoms with Gasteiger partial charge in [-0.25, -0.2) is 0 Å². The lowest BCUT2D eigenvalue weighted by Crippen LogP contribution is -2.41. The monoisotopic (exact) mass is 236 g/mol. The highest BCUT2D eigenvalue weighted by Crippen LogP contribution is 2.10. The first kappa shape index (κ1) is 12.3. The van der Waals surface area contributed by atoms with Crippen molar-refractivity contribution in [3.05, 3.63) is 34.7 Å². The van der Waals surface area contributed by atoms with Crippen molar-refractivity contribution in [3.8, 4) is 0 Å². The van der Waals surface area contributed by atoms with E-state index in [1.54, 1.807) is 22.9 Å². The highest BCUT2D eigenvalue weighted by atomic mass is 16.5. The maximum atomic E-state index is 11.4. The number of nitrogens with one attached hydrogen (secondary N) is 1. The molecule has 4 heteroatoms. The second-order valence-electron chi connectivity index (χ2n) is 4.61. The SMILES string of the molecule is CC1CCC(OCCn2ccccc2=O)CN1. The summed E-state index contributed by atoms with van der Waals surface area (Å²) < 4.78 is 7.45. The molecule has 1 fully saturated rings. The van der Waals surface area contributed by atoms with Gasteiger partial charge in [-0.3, -0.25) is 4.79 Å². The maximum Gasteiger partial charge on any atom is 0.250 e. The molecule has 0 spiro atoms. The Bertz CT molecular complexity index is 394. The number of ether oxygens (including phenoxy) is 1. The van der Waals surface area contributed by atoms with Crippen molar-refractivity contribution in [1.29, 1.82) is 0 Å². The third-order valence-electron chi connectivity index (χ3n) is 3.20. The molecule has 0 radical (unpaired) electrons. The fourth-order valence-electron chi connectivity index (χ4n) is 2.08. The van der Waals surface area contributed by atoms with Crippen LogP contribution >= 0.6 is 0 Å². The fourth-order valence-corrected chi connectivity index (χ4v) is 2.08. The summed E-state index contributed by atoms with van der Waals surface area (Å²) in [5.74, 6) is 0. The van der Waals surface area contributed by atoms with Gasteiger partial charge in [0, 0.05) is 31.4 Å². The molecule has 1 aliphatic heterocycles. The number of piperidine rings is 1. The zero-order chi connectivity index (χ0) is 12.1. The van der Waals surface area contributed by atoms with Crippen LogP contribution in [0.15, 0.2) is 29.2 Å². The lowest BCUT2D eigenvalue weighted by molar-refractivity contribution is 0.0261. The van der Waals surface area contributed by atoms with E-state index in [1.165, 1.54) is 0 Å². The zero-order valence-electron chi connectivity index (χ0n) is 10.3. The van der Waals surface area contributed by atoms with Gasteiger partial charge in [-0.05, 0) is 25.8 Å². The zero-order valence-corrected chi connectivity index (χ0v) is 10.3. The Morgan fingerprint density at radius 3 is 3.06 bits per heavy atom. The van der Waals surface area contributed by atoms with Gasteiger partial charge in [0.15, 0.2) is 0 Å². The largest absolute Gasteiger partial charge is 0.375 e. The summed E-state index contributed by atoms with van der Waals surface area (Å²) in [6.07, 6.45) is 4.37. The van der Waals surface area contributed by atoms with Crippen LogP contribution in [0.3, 0.4) is 0 Å². The summed E-state index contributed by atoms with van der Waals surface area (Å²) in [4.78, 5) is 11.4. The number of rotatable bonds is 4. The van der Waals surface area contributed by atoms with Crippen LogP contribution in [0.4, 0.5) is 0 Å².